The number of nitrogens with two attached hydrogens (primary N) is 2. The van der Waals surface area contributed by atoms with E-state index >= 15 is 0 Å². The highest BCUT2D eigenvalue weighted by Gasteiger charge is 2.22. The van der Waals surface area contributed by atoms with Gasteiger partial charge in [0.1, 0.15) is 6.17 Å². The van der Waals surface area contributed by atoms with E-state index in [0.717, 1.165) is 5.69 Å². The number of piperidine rings is 1. The summed E-state index contributed by atoms with van der Waals surface area (Å²) >= 11 is 0. The third-order valence-corrected chi connectivity index (χ3v) is 4.57. The highest BCUT2D eigenvalue weighted by Crippen LogP contribution is 2.32. The van der Waals surface area contributed by atoms with Crippen molar-refractivity contribution in [3.8, 4) is 0 Å². The van der Waals surface area contributed by atoms with E-state index in [-0.39, 0.29) is 4.90 Å². The highest BCUT2D eigenvalue weighted by molar-refractivity contribution is 7.89. The number of nitrogens with zero attached hydrogens (tertiary/aromatic N) is 1. The third-order valence-electron chi connectivity index (χ3n) is 3.51. The van der Waals surface area contributed by atoms with Gasteiger partial charge in [-0.1, -0.05) is 0 Å². The summed E-state index contributed by atoms with van der Waals surface area (Å²) in [4.78, 5) is 2.01. The van der Waals surface area contributed by atoms with Crippen LogP contribution in [0.3, 0.4) is 0 Å². The van der Waals surface area contributed by atoms with E-state index in [9.17, 15) is 12.8 Å². The normalized spacial score (nSPS) is 17.7. The van der Waals surface area contributed by atoms with E-state index in [4.69, 9.17) is 10.9 Å². The fourth-order valence-electron chi connectivity index (χ4n) is 2.37. The topological polar surface area (TPSA) is 89.4 Å². The van der Waals surface area contributed by atoms with Crippen molar-refractivity contribution in [2.45, 2.75) is 30.8 Å². The molecule has 0 aliphatic carbocycles. The number of nitrogen functional groups attached to an aromatic ring is 1. The standard InChI is InChI=1S/C12H18FN3O2S/c1-8-11(19(15,17)18)3-2-10(12(8)14)16-6-4-9(13)5-7-16/h2-3,9H,4-7,14H2,1H3,(H2,15,17,18). The lowest BCUT2D eigenvalue weighted by molar-refractivity contribution is 0.277. The molecule has 0 amide bonds. The summed E-state index contributed by atoms with van der Waals surface area (Å²) in [5.74, 6) is 0. The first-order valence-electron chi connectivity index (χ1n) is 6.11. The number of hydrogen-bond donors (Lipinski definition) is 2. The maximum atomic E-state index is 13.1. The molecule has 5 nitrogen and oxygen atoms in total. The minimum atomic E-state index is -3.77. The van der Waals surface area contributed by atoms with Crippen LogP contribution in [0.2, 0.25) is 0 Å². The number of primary sulfonamides is 1. The van der Waals surface area contributed by atoms with Gasteiger partial charge in [-0.2, -0.15) is 0 Å². The Hall–Kier alpha value is -1.34. The molecule has 0 aromatic heterocycles. The molecule has 19 heavy (non-hydrogen) atoms. The summed E-state index contributed by atoms with van der Waals surface area (Å²) in [7, 11) is -3.77. The summed E-state index contributed by atoms with van der Waals surface area (Å²) in [6.07, 6.45) is 0.174. The van der Waals surface area contributed by atoms with Crippen LogP contribution in [0.1, 0.15) is 18.4 Å². The first-order valence-corrected chi connectivity index (χ1v) is 7.66. The predicted molar refractivity (Wildman–Crippen MR) is 73.3 cm³/mol. The van der Waals surface area contributed by atoms with Crippen LogP contribution < -0.4 is 15.8 Å². The highest BCUT2D eigenvalue weighted by atomic mass is 32.2. The van der Waals surface area contributed by atoms with Crippen molar-refractivity contribution in [2.75, 3.05) is 23.7 Å². The smallest absolute Gasteiger partial charge is 0.238 e. The number of sulfonamides is 1. The van der Waals surface area contributed by atoms with Crippen LogP contribution in [0, 0.1) is 6.92 Å². The summed E-state index contributed by atoms with van der Waals surface area (Å²) in [6, 6.07) is 3.10. The Morgan fingerprint density at radius 2 is 1.89 bits per heavy atom. The predicted octanol–water partition coefficient (Wildman–Crippen LogP) is 1.16. The molecular weight excluding hydrogens is 269 g/mol. The van der Waals surface area contributed by atoms with E-state index in [1.165, 1.54) is 6.07 Å². The third kappa shape index (κ3) is 2.82. The largest absolute Gasteiger partial charge is 0.397 e. The first-order chi connectivity index (χ1) is 8.80. The molecule has 0 saturated carbocycles. The van der Waals surface area contributed by atoms with Crippen LogP contribution in [0.25, 0.3) is 0 Å². The van der Waals surface area contributed by atoms with Crippen molar-refractivity contribution in [2.24, 2.45) is 5.14 Å². The first kappa shape index (κ1) is 14.1. The molecule has 4 N–H and O–H groups in total. The lowest BCUT2D eigenvalue weighted by atomic mass is 10.1. The van der Waals surface area contributed by atoms with Crippen molar-refractivity contribution in [3.05, 3.63) is 17.7 Å². The lowest BCUT2D eigenvalue weighted by Crippen LogP contribution is -2.35. The molecule has 0 atom stereocenters. The molecule has 1 aliphatic rings. The minimum Gasteiger partial charge on any atom is -0.397 e. The van der Waals surface area contributed by atoms with Gasteiger partial charge < -0.3 is 10.6 Å². The fraction of sp³-hybridized carbons (Fsp3) is 0.500. The monoisotopic (exact) mass is 287 g/mol. The molecule has 0 radical (unpaired) electrons. The maximum Gasteiger partial charge on any atom is 0.238 e. The van der Waals surface area contributed by atoms with E-state index in [1.54, 1.807) is 13.0 Å². The van der Waals surface area contributed by atoms with Gasteiger partial charge in [0.25, 0.3) is 0 Å². The summed E-state index contributed by atoms with van der Waals surface area (Å²) in [5.41, 5.74) is 7.58. The van der Waals surface area contributed by atoms with Crippen LogP contribution in [0.4, 0.5) is 15.8 Å². The van der Waals surface area contributed by atoms with Gasteiger partial charge in [0.05, 0.1) is 16.3 Å². The molecule has 0 unspecified atom stereocenters. The zero-order valence-electron chi connectivity index (χ0n) is 10.8. The second-order valence-corrected chi connectivity index (χ2v) is 6.36. The lowest BCUT2D eigenvalue weighted by Gasteiger charge is -2.32. The molecule has 1 aromatic carbocycles. The number of rotatable bonds is 2. The number of hydrogen-bond acceptors (Lipinski definition) is 4. The molecule has 1 fully saturated rings. The van der Waals surface area contributed by atoms with Crippen LogP contribution in [0.5, 0.6) is 0 Å². The van der Waals surface area contributed by atoms with E-state index in [2.05, 4.69) is 0 Å². The van der Waals surface area contributed by atoms with Gasteiger partial charge in [0.2, 0.25) is 10.0 Å². The SMILES string of the molecule is Cc1c(S(N)(=O)=O)ccc(N2CCC(F)CC2)c1N. The number of alkyl halides is 1. The second kappa shape index (κ2) is 4.97. The van der Waals surface area contributed by atoms with Gasteiger partial charge in [-0.05, 0) is 37.5 Å². The van der Waals surface area contributed by atoms with Gasteiger partial charge in [0, 0.05) is 13.1 Å². The van der Waals surface area contributed by atoms with Crippen molar-refractivity contribution in [1.29, 1.82) is 0 Å². The van der Waals surface area contributed by atoms with Gasteiger partial charge in [0.15, 0.2) is 0 Å². The maximum absolute atomic E-state index is 13.1. The molecule has 1 heterocycles. The average molecular weight is 287 g/mol. The van der Waals surface area contributed by atoms with Crippen LogP contribution >= 0.6 is 0 Å². The molecular formula is C12H18FN3O2S. The quantitative estimate of drug-likeness (QED) is 0.799. The fourth-order valence-corrected chi connectivity index (χ4v) is 3.16. The molecule has 2 rings (SSSR count). The molecule has 1 saturated heterocycles. The summed E-state index contributed by atoms with van der Waals surface area (Å²) < 4.78 is 35.9. The van der Waals surface area contributed by atoms with Crippen molar-refractivity contribution < 1.29 is 12.8 Å². The van der Waals surface area contributed by atoms with Crippen LogP contribution in [-0.2, 0) is 10.0 Å². The van der Waals surface area contributed by atoms with Gasteiger partial charge in [-0.25, -0.2) is 17.9 Å². The molecule has 1 aliphatic heterocycles. The Morgan fingerprint density at radius 1 is 1.32 bits per heavy atom. The number of benzene rings is 1. The van der Waals surface area contributed by atoms with Crippen molar-refractivity contribution in [3.63, 3.8) is 0 Å². The van der Waals surface area contributed by atoms with Crippen LogP contribution in [-0.4, -0.2) is 27.7 Å². The number of halogens is 1. The van der Waals surface area contributed by atoms with Crippen LogP contribution in [0.15, 0.2) is 17.0 Å². The Morgan fingerprint density at radius 3 is 2.42 bits per heavy atom. The Balaban J connectivity index is 2.37. The van der Waals surface area contributed by atoms with E-state index < -0.39 is 16.2 Å². The van der Waals surface area contributed by atoms with Gasteiger partial charge in [-0.15, -0.1) is 0 Å². The van der Waals surface area contributed by atoms with Crippen molar-refractivity contribution in [1.82, 2.24) is 0 Å². The molecule has 0 spiro atoms. The van der Waals surface area contributed by atoms with E-state index in [0.29, 0.717) is 37.2 Å². The number of anilines is 2. The van der Waals surface area contributed by atoms with Crippen molar-refractivity contribution >= 4 is 21.4 Å². The average Bonchev–Trinajstić information content (AvgIpc) is 2.32. The molecule has 7 heteroatoms. The van der Waals surface area contributed by atoms with Gasteiger partial charge >= 0.3 is 0 Å². The Bertz CT molecular complexity index is 581. The summed E-state index contributed by atoms with van der Waals surface area (Å²) in [6.45, 7) is 2.79. The molecule has 1 aromatic rings. The molecule has 0 bridgehead atoms. The second-order valence-electron chi connectivity index (χ2n) is 4.83. The summed E-state index contributed by atoms with van der Waals surface area (Å²) in [5, 5.41) is 5.13. The zero-order valence-corrected chi connectivity index (χ0v) is 11.6. The van der Waals surface area contributed by atoms with Gasteiger partial charge in [-0.3, -0.25) is 0 Å². The Kier molecular flexibility index (Phi) is 3.69. The minimum absolute atomic E-state index is 0.0362. The zero-order chi connectivity index (χ0) is 14.2. The Labute approximate surface area is 112 Å². The van der Waals surface area contributed by atoms with E-state index in [1.807, 2.05) is 4.90 Å². The molecule has 106 valence electrons.